The van der Waals surface area contributed by atoms with E-state index in [-0.39, 0.29) is 5.78 Å². The van der Waals surface area contributed by atoms with E-state index < -0.39 is 0 Å². The first-order valence-corrected chi connectivity index (χ1v) is 7.73. The fourth-order valence-corrected chi connectivity index (χ4v) is 2.42. The van der Waals surface area contributed by atoms with Crippen molar-refractivity contribution >= 4 is 11.9 Å². The molecule has 0 aliphatic heterocycles. The van der Waals surface area contributed by atoms with Crippen LogP contribution in [0.1, 0.15) is 21.5 Å². The lowest BCUT2D eigenvalue weighted by molar-refractivity contribution is 0.104. The van der Waals surface area contributed by atoms with Crippen LogP contribution in [0.2, 0.25) is 0 Å². The van der Waals surface area contributed by atoms with Crippen LogP contribution in [0.5, 0.6) is 17.2 Å². The highest BCUT2D eigenvalue weighted by Crippen LogP contribution is 2.26. The van der Waals surface area contributed by atoms with E-state index in [1.165, 1.54) is 6.08 Å². The first-order chi connectivity index (χ1) is 12.1. The minimum Gasteiger partial charge on any atom is -0.497 e. The summed E-state index contributed by atoms with van der Waals surface area (Å²) in [5.74, 6) is 1.91. The molecule has 2 rings (SSSR count). The molecular formula is C20H22O5. The van der Waals surface area contributed by atoms with Gasteiger partial charge in [-0.3, -0.25) is 4.79 Å². The Kier molecular flexibility index (Phi) is 6.60. The number of allylic oxidation sites excluding steroid dienone is 1. The van der Waals surface area contributed by atoms with E-state index in [1.54, 1.807) is 58.8 Å². The third kappa shape index (κ3) is 4.61. The summed E-state index contributed by atoms with van der Waals surface area (Å²) in [4.78, 5) is 12.5. The summed E-state index contributed by atoms with van der Waals surface area (Å²) in [6, 6.07) is 10.7. The Morgan fingerprint density at radius 3 is 2.32 bits per heavy atom. The smallest absolute Gasteiger partial charge is 0.185 e. The third-order valence-electron chi connectivity index (χ3n) is 3.72. The molecule has 2 aromatic rings. The Bertz CT molecular complexity index is 765. The van der Waals surface area contributed by atoms with Gasteiger partial charge in [0.15, 0.2) is 5.78 Å². The Balaban J connectivity index is 2.24. The SMILES string of the molecule is COCc1cc(C(=O)/C=C/c2ccc(OC)cc2OC)ccc1OC. The molecule has 0 aliphatic rings. The van der Waals surface area contributed by atoms with Crippen LogP contribution in [0.4, 0.5) is 0 Å². The molecule has 0 N–H and O–H groups in total. The van der Waals surface area contributed by atoms with Crippen molar-refractivity contribution in [2.75, 3.05) is 28.4 Å². The van der Waals surface area contributed by atoms with Crippen molar-refractivity contribution in [1.82, 2.24) is 0 Å². The first kappa shape index (κ1) is 18.5. The highest BCUT2D eigenvalue weighted by Gasteiger charge is 2.09. The van der Waals surface area contributed by atoms with Crippen LogP contribution in [-0.2, 0) is 11.3 Å². The Hall–Kier alpha value is -2.79. The number of hydrogen-bond acceptors (Lipinski definition) is 5. The largest absolute Gasteiger partial charge is 0.497 e. The van der Waals surface area contributed by atoms with E-state index >= 15 is 0 Å². The van der Waals surface area contributed by atoms with E-state index in [0.717, 1.165) is 11.1 Å². The lowest BCUT2D eigenvalue weighted by Gasteiger charge is -2.09. The number of rotatable bonds is 8. The molecule has 0 aromatic heterocycles. The predicted octanol–water partition coefficient (Wildman–Crippen LogP) is 3.75. The number of carbonyl (C=O) groups is 1. The van der Waals surface area contributed by atoms with Crippen molar-refractivity contribution in [2.45, 2.75) is 6.61 Å². The second-order valence-corrected chi connectivity index (χ2v) is 5.27. The summed E-state index contributed by atoms with van der Waals surface area (Å²) in [7, 11) is 6.36. The first-order valence-electron chi connectivity index (χ1n) is 7.73. The van der Waals surface area contributed by atoms with E-state index in [0.29, 0.717) is 29.4 Å². The quantitative estimate of drug-likeness (QED) is 0.540. The molecule has 0 amide bonds. The maximum absolute atomic E-state index is 12.5. The molecular weight excluding hydrogens is 320 g/mol. The maximum atomic E-state index is 12.5. The van der Waals surface area contributed by atoms with Crippen LogP contribution in [-0.4, -0.2) is 34.2 Å². The predicted molar refractivity (Wildman–Crippen MR) is 96.6 cm³/mol. The highest BCUT2D eigenvalue weighted by molar-refractivity contribution is 6.07. The van der Waals surface area contributed by atoms with Gasteiger partial charge in [-0.15, -0.1) is 0 Å². The summed E-state index contributed by atoms with van der Waals surface area (Å²) in [6.07, 6.45) is 3.24. The molecule has 25 heavy (non-hydrogen) atoms. The van der Waals surface area contributed by atoms with Crippen LogP contribution in [0.25, 0.3) is 6.08 Å². The maximum Gasteiger partial charge on any atom is 0.185 e. The van der Waals surface area contributed by atoms with Crippen molar-refractivity contribution in [1.29, 1.82) is 0 Å². The molecule has 5 nitrogen and oxygen atoms in total. The van der Waals surface area contributed by atoms with Gasteiger partial charge >= 0.3 is 0 Å². The lowest BCUT2D eigenvalue weighted by atomic mass is 10.0. The molecule has 0 bridgehead atoms. The average Bonchev–Trinajstić information content (AvgIpc) is 2.66. The second kappa shape index (κ2) is 8.89. The minimum atomic E-state index is -0.113. The normalized spacial score (nSPS) is 10.7. The number of methoxy groups -OCH3 is 4. The van der Waals surface area contributed by atoms with Crippen molar-refractivity contribution in [3.63, 3.8) is 0 Å². The van der Waals surface area contributed by atoms with Crippen molar-refractivity contribution < 1.29 is 23.7 Å². The van der Waals surface area contributed by atoms with Gasteiger partial charge in [0.05, 0.1) is 27.9 Å². The molecule has 0 atom stereocenters. The van der Waals surface area contributed by atoms with Gasteiger partial charge in [0.25, 0.3) is 0 Å². The van der Waals surface area contributed by atoms with Gasteiger partial charge in [0.2, 0.25) is 0 Å². The molecule has 0 aliphatic carbocycles. The van der Waals surface area contributed by atoms with Gasteiger partial charge in [0, 0.05) is 29.9 Å². The van der Waals surface area contributed by atoms with E-state index in [1.807, 2.05) is 12.1 Å². The van der Waals surface area contributed by atoms with Crippen LogP contribution in [0.15, 0.2) is 42.5 Å². The van der Waals surface area contributed by atoms with E-state index in [9.17, 15) is 4.79 Å². The summed E-state index contributed by atoms with van der Waals surface area (Å²) < 4.78 is 20.9. The second-order valence-electron chi connectivity index (χ2n) is 5.27. The van der Waals surface area contributed by atoms with Gasteiger partial charge < -0.3 is 18.9 Å². The molecule has 0 radical (unpaired) electrons. The topological polar surface area (TPSA) is 54.0 Å². The van der Waals surface area contributed by atoms with Crippen LogP contribution in [0, 0.1) is 0 Å². The summed E-state index contributed by atoms with van der Waals surface area (Å²) in [5.41, 5.74) is 2.19. The monoisotopic (exact) mass is 342 g/mol. The van der Waals surface area contributed by atoms with Gasteiger partial charge in [-0.1, -0.05) is 0 Å². The van der Waals surface area contributed by atoms with Crippen molar-refractivity contribution in [3.05, 3.63) is 59.2 Å². The fourth-order valence-electron chi connectivity index (χ4n) is 2.42. The van der Waals surface area contributed by atoms with E-state index in [2.05, 4.69) is 0 Å². The Labute approximate surface area is 147 Å². The number of ether oxygens (including phenoxy) is 4. The van der Waals surface area contributed by atoms with Crippen LogP contribution in [0.3, 0.4) is 0 Å². The van der Waals surface area contributed by atoms with E-state index in [4.69, 9.17) is 18.9 Å². The summed E-state index contributed by atoms with van der Waals surface area (Å²) in [5, 5.41) is 0. The van der Waals surface area contributed by atoms with Gasteiger partial charge in [0.1, 0.15) is 17.2 Å². The average molecular weight is 342 g/mol. The molecule has 0 saturated heterocycles. The molecule has 0 saturated carbocycles. The zero-order valence-electron chi connectivity index (χ0n) is 14.9. The van der Waals surface area contributed by atoms with Crippen molar-refractivity contribution in [2.24, 2.45) is 0 Å². The van der Waals surface area contributed by atoms with Crippen LogP contribution < -0.4 is 14.2 Å². The van der Waals surface area contributed by atoms with Gasteiger partial charge in [-0.25, -0.2) is 0 Å². The fraction of sp³-hybridized carbons (Fsp3) is 0.250. The number of carbonyl (C=O) groups excluding carboxylic acids is 1. The zero-order valence-corrected chi connectivity index (χ0v) is 14.9. The molecule has 0 heterocycles. The Morgan fingerprint density at radius 2 is 1.68 bits per heavy atom. The Morgan fingerprint density at radius 1 is 0.920 bits per heavy atom. The van der Waals surface area contributed by atoms with Crippen molar-refractivity contribution in [3.8, 4) is 17.2 Å². The highest BCUT2D eigenvalue weighted by atomic mass is 16.5. The number of ketones is 1. The summed E-state index contributed by atoms with van der Waals surface area (Å²) in [6.45, 7) is 0.375. The molecule has 0 spiro atoms. The third-order valence-corrected chi connectivity index (χ3v) is 3.72. The minimum absolute atomic E-state index is 0.113. The van der Waals surface area contributed by atoms with Crippen LogP contribution >= 0.6 is 0 Å². The molecule has 132 valence electrons. The van der Waals surface area contributed by atoms with Gasteiger partial charge in [-0.2, -0.15) is 0 Å². The molecule has 0 unspecified atom stereocenters. The number of benzene rings is 2. The standard InChI is InChI=1S/C20H22O5/c1-22-13-16-11-15(7-10-19(16)24-3)18(21)9-6-14-5-8-17(23-2)12-20(14)25-4/h5-12H,13H2,1-4H3/b9-6+. The molecule has 5 heteroatoms. The lowest BCUT2D eigenvalue weighted by Crippen LogP contribution is -2.00. The molecule has 2 aromatic carbocycles. The summed E-state index contributed by atoms with van der Waals surface area (Å²) >= 11 is 0. The number of hydrogen-bond donors (Lipinski definition) is 0. The zero-order chi connectivity index (χ0) is 18.2. The molecule has 0 fully saturated rings. The van der Waals surface area contributed by atoms with Gasteiger partial charge in [-0.05, 0) is 42.5 Å².